The van der Waals surface area contributed by atoms with Crippen molar-refractivity contribution in [2.24, 2.45) is 7.05 Å². The average Bonchev–Trinajstić information content (AvgIpc) is 3.16. The van der Waals surface area contributed by atoms with Crippen LogP contribution < -0.4 is 4.74 Å². The summed E-state index contributed by atoms with van der Waals surface area (Å²) in [5.74, 6) is -1.54. The maximum Gasteiger partial charge on any atom is 0.387 e. The molecule has 0 fully saturated rings. The van der Waals surface area contributed by atoms with Gasteiger partial charge in [0.05, 0.1) is 28.5 Å². The number of aromatic nitrogens is 4. The van der Waals surface area contributed by atoms with Crippen LogP contribution in [0.5, 0.6) is 5.75 Å². The summed E-state index contributed by atoms with van der Waals surface area (Å²) in [7, 11) is 1.73. The molecule has 0 N–H and O–H groups in total. The van der Waals surface area contributed by atoms with E-state index in [9.17, 15) is 18.0 Å². The fourth-order valence-electron chi connectivity index (χ4n) is 4.48. The second-order valence-electron chi connectivity index (χ2n) is 8.04. The molecule has 4 aromatic rings. The highest BCUT2D eigenvalue weighted by Gasteiger charge is 2.33. The number of rotatable bonds is 4. The highest BCUT2D eigenvalue weighted by molar-refractivity contribution is 5.97. The smallest absolute Gasteiger partial charge is 0.387 e. The molecule has 3 heterocycles. The van der Waals surface area contributed by atoms with Crippen LogP contribution in [0.4, 0.5) is 13.2 Å². The number of alkyl halides is 2. The van der Waals surface area contributed by atoms with Gasteiger partial charge >= 0.3 is 6.61 Å². The van der Waals surface area contributed by atoms with Crippen molar-refractivity contribution in [3.8, 4) is 17.0 Å². The van der Waals surface area contributed by atoms with Crippen LogP contribution in [-0.4, -0.2) is 43.7 Å². The lowest BCUT2D eigenvalue weighted by Crippen LogP contribution is -2.38. The number of hydrogen-bond donors (Lipinski definition) is 0. The molecule has 1 atom stereocenters. The molecule has 0 saturated carbocycles. The number of carbonyl (C=O) groups excluding carboxylic acids is 1. The van der Waals surface area contributed by atoms with Crippen LogP contribution >= 0.6 is 0 Å². The number of benzene rings is 2. The van der Waals surface area contributed by atoms with Gasteiger partial charge in [0.25, 0.3) is 5.91 Å². The largest absolute Gasteiger partial charge is 0.432 e. The van der Waals surface area contributed by atoms with Gasteiger partial charge in [0.1, 0.15) is 0 Å². The quantitative estimate of drug-likeness (QED) is 0.441. The van der Waals surface area contributed by atoms with Gasteiger partial charge in [-0.1, -0.05) is 0 Å². The van der Waals surface area contributed by atoms with Crippen molar-refractivity contribution < 1.29 is 22.7 Å². The number of halogens is 3. The average molecular weight is 467 g/mol. The molecule has 1 aliphatic rings. The maximum atomic E-state index is 14.4. The summed E-state index contributed by atoms with van der Waals surface area (Å²) in [6.45, 7) is -0.767. The topological polar surface area (TPSA) is 73.1 Å². The molecule has 2 aromatic carbocycles. The summed E-state index contributed by atoms with van der Waals surface area (Å²) in [6, 6.07) is 8.77. The molecule has 0 bridgehead atoms. The van der Waals surface area contributed by atoms with E-state index >= 15 is 0 Å². The molecular formula is C24H20F3N5O2. The van der Waals surface area contributed by atoms with Gasteiger partial charge in [0.15, 0.2) is 11.6 Å². The summed E-state index contributed by atoms with van der Waals surface area (Å²) < 4.78 is 45.1. The van der Waals surface area contributed by atoms with Crippen LogP contribution in [0.25, 0.3) is 22.3 Å². The minimum absolute atomic E-state index is 0.141. The first-order chi connectivity index (χ1) is 16.3. The monoisotopic (exact) mass is 467 g/mol. The van der Waals surface area contributed by atoms with Crippen molar-refractivity contribution in [1.82, 2.24) is 24.6 Å². The molecule has 0 aliphatic carbocycles. The number of ether oxygens (including phenoxy) is 1. The third kappa shape index (κ3) is 3.74. The highest BCUT2D eigenvalue weighted by atomic mass is 19.3. The van der Waals surface area contributed by atoms with Gasteiger partial charge in [0, 0.05) is 42.7 Å². The first kappa shape index (κ1) is 21.9. The van der Waals surface area contributed by atoms with Crippen LogP contribution in [-0.2, 0) is 13.5 Å². The second kappa shape index (κ2) is 8.44. The molecule has 0 spiro atoms. The Morgan fingerprint density at radius 1 is 1.12 bits per heavy atom. The lowest BCUT2D eigenvalue weighted by molar-refractivity contribution is -0.0521. The number of amides is 1. The minimum Gasteiger partial charge on any atom is -0.432 e. The van der Waals surface area contributed by atoms with E-state index in [1.807, 2.05) is 6.92 Å². The Labute approximate surface area is 192 Å². The first-order valence-corrected chi connectivity index (χ1v) is 10.7. The van der Waals surface area contributed by atoms with Crippen LogP contribution in [0.15, 0.2) is 48.8 Å². The number of carbonyl (C=O) groups is 1. The Bertz CT molecular complexity index is 1400. The zero-order valence-electron chi connectivity index (χ0n) is 18.4. The van der Waals surface area contributed by atoms with E-state index in [0.717, 1.165) is 11.6 Å². The van der Waals surface area contributed by atoms with Crippen LogP contribution in [0, 0.1) is 5.82 Å². The Morgan fingerprint density at radius 2 is 1.88 bits per heavy atom. The maximum absolute atomic E-state index is 14.4. The van der Waals surface area contributed by atoms with Crippen molar-refractivity contribution in [2.75, 3.05) is 6.54 Å². The molecule has 10 heteroatoms. The number of fused-ring (bicyclic) bond motifs is 2. The van der Waals surface area contributed by atoms with Crippen molar-refractivity contribution >= 4 is 16.9 Å². The van der Waals surface area contributed by atoms with Gasteiger partial charge in [-0.25, -0.2) is 4.39 Å². The molecule has 1 aliphatic heterocycles. The molecule has 5 rings (SSSR count). The zero-order valence-corrected chi connectivity index (χ0v) is 18.4. The van der Waals surface area contributed by atoms with Crippen molar-refractivity contribution in [3.63, 3.8) is 0 Å². The standard InChI is InChI=1S/C24H20F3N5O2/c1-13-21-16(22(31(2)30-21)14-4-6-20(17(25)11-14)34-24(26)27)7-10-32(13)23(33)15-3-5-18-19(12-15)29-9-8-28-18/h3-6,8-9,11-13,24H,7,10H2,1-2H3. The fraction of sp³-hybridized carbons (Fsp3) is 0.250. The SMILES string of the molecule is CC1c2nn(C)c(-c3ccc(OC(F)F)c(F)c3)c2CCN1C(=O)c1ccc2nccnc2c1. The van der Waals surface area contributed by atoms with Crippen molar-refractivity contribution in [1.29, 1.82) is 0 Å². The second-order valence-corrected chi connectivity index (χ2v) is 8.04. The molecular weight excluding hydrogens is 447 g/mol. The summed E-state index contributed by atoms with van der Waals surface area (Å²) >= 11 is 0. The van der Waals surface area contributed by atoms with Gasteiger partial charge in [0.2, 0.25) is 0 Å². The summed E-state index contributed by atoms with van der Waals surface area (Å²) in [6.07, 6.45) is 3.69. The van der Waals surface area contributed by atoms with Crippen molar-refractivity contribution in [2.45, 2.75) is 26.0 Å². The third-order valence-corrected chi connectivity index (χ3v) is 6.04. The van der Waals surface area contributed by atoms with E-state index in [2.05, 4.69) is 19.8 Å². The molecule has 34 heavy (non-hydrogen) atoms. The molecule has 7 nitrogen and oxygen atoms in total. The summed E-state index contributed by atoms with van der Waals surface area (Å²) in [4.78, 5) is 23.6. The van der Waals surface area contributed by atoms with Crippen LogP contribution in [0.2, 0.25) is 0 Å². The molecule has 0 saturated heterocycles. The molecule has 1 amide bonds. The van der Waals surface area contributed by atoms with E-state index in [1.165, 1.54) is 12.1 Å². The van der Waals surface area contributed by atoms with E-state index in [1.54, 1.807) is 47.2 Å². The van der Waals surface area contributed by atoms with Gasteiger partial charge in [-0.3, -0.25) is 19.4 Å². The molecule has 2 aromatic heterocycles. The molecule has 1 unspecified atom stereocenters. The molecule has 174 valence electrons. The summed E-state index contributed by atoms with van der Waals surface area (Å²) in [5.41, 5.74) is 4.64. The summed E-state index contributed by atoms with van der Waals surface area (Å²) in [5, 5.41) is 4.61. The Hall–Kier alpha value is -3.95. The van der Waals surface area contributed by atoms with E-state index < -0.39 is 18.2 Å². The number of aryl methyl sites for hydroxylation is 1. The number of nitrogens with zero attached hydrogens (tertiary/aromatic N) is 5. The minimum atomic E-state index is -3.11. The Morgan fingerprint density at radius 3 is 2.62 bits per heavy atom. The van der Waals surface area contributed by atoms with Gasteiger partial charge < -0.3 is 9.64 Å². The van der Waals surface area contributed by atoms with Crippen molar-refractivity contribution in [3.05, 3.63) is 71.4 Å². The van der Waals surface area contributed by atoms with E-state index in [0.29, 0.717) is 46.5 Å². The molecule has 0 radical (unpaired) electrons. The zero-order chi connectivity index (χ0) is 24.0. The highest BCUT2D eigenvalue weighted by Crippen LogP contribution is 2.37. The normalized spacial score (nSPS) is 15.6. The van der Waals surface area contributed by atoms with E-state index in [4.69, 9.17) is 0 Å². The predicted molar refractivity (Wildman–Crippen MR) is 118 cm³/mol. The lowest BCUT2D eigenvalue weighted by Gasteiger charge is -2.33. The Balaban J connectivity index is 1.45. The van der Waals surface area contributed by atoms with Crippen LogP contribution in [0.3, 0.4) is 0 Å². The third-order valence-electron chi connectivity index (χ3n) is 6.04. The van der Waals surface area contributed by atoms with Gasteiger partial charge in [-0.05, 0) is 49.7 Å². The Kier molecular flexibility index (Phi) is 5.43. The van der Waals surface area contributed by atoms with E-state index in [-0.39, 0.29) is 11.9 Å². The van der Waals surface area contributed by atoms with Gasteiger partial charge in [-0.2, -0.15) is 13.9 Å². The predicted octanol–water partition coefficient (Wildman–Crippen LogP) is 4.53. The number of hydrogen-bond acceptors (Lipinski definition) is 5. The van der Waals surface area contributed by atoms with Gasteiger partial charge in [-0.15, -0.1) is 0 Å². The fourth-order valence-corrected chi connectivity index (χ4v) is 4.48. The first-order valence-electron chi connectivity index (χ1n) is 10.7. The lowest BCUT2D eigenvalue weighted by atomic mass is 9.95. The van der Waals surface area contributed by atoms with Crippen LogP contribution in [0.1, 0.15) is 34.6 Å².